The maximum atomic E-state index is 6.81. The molecule has 0 heterocycles. The van der Waals surface area contributed by atoms with Crippen molar-refractivity contribution in [1.29, 1.82) is 10.8 Å². The fraction of sp³-hybridized carbons (Fsp3) is 0.700. The first-order valence-corrected chi connectivity index (χ1v) is 5.08. The summed E-state index contributed by atoms with van der Waals surface area (Å²) < 4.78 is 0. The van der Waals surface area contributed by atoms with Crippen LogP contribution in [-0.2, 0) is 0 Å². The number of unbranched alkanes of at least 4 members (excludes halogenated alkanes) is 1. The lowest BCUT2D eigenvalue weighted by molar-refractivity contribution is 0.675. The summed E-state index contributed by atoms with van der Waals surface area (Å²) in [7, 11) is 0. The van der Waals surface area contributed by atoms with Crippen LogP contribution in [0.4, 0.5) is 0 Å². The van der Waals surface area contributed by atoms with E-state index >= 15 is 0 Å². The van der Waals surface area contributed by atoms with E-state index in [1.807, 2.05) is 6.21 Å². The molecule has 0 fully saturated rings. The van der Waals surface area contributed by atoms with Crippen molar-refractivity contribution in [2.75, 3.05) is 19.6 Å². The zero-order chi connectivity index (χ0) is 10.5. The van der Waals surface area contributed by atoms with Gasteiger partial charge in [-0.2, -0.15) is 0 Å². The van der Waals surface area contributed by atoms with Crippen LogP contribution in [-0.4, -0.2) is 38.3 Å². The minimum atomic E-state index is 0.741. The van der Waals surface area contributed by atoms with Crippen molar-refractivity contribution >= 4 is 18.6 Å². The van der Waals surface area contributed by atoms with Crippen molar-refractivity contribution < 1.29 is 0 Å². The summed E-state index contributed by atoms with van der Waals surface area (Å²) in [6.45, 7) is 2.63. The predicted molar refractivity (Wildman–Crippen MR) is 62.3 cm³/mol. The Bertz CT molecular complexity index is 166. The molecule has 0 unspecified atom stereocenters. The van der Waals surface area contributed by atoms with Gasteiger partial charge < -0.3 is 16.1 Å². The van der Waals surface area contributed by atoms with Crippen LogP contribution < -0.4 is 5.32 Å². The normalized spacial score (nSPS) is 10.6. The molecule has 4 heteroatoms. The number of nitrogens with one attached hydrogen (secondary N) is 3. The molecule has 0 aliphatic rings. The molecule has 0 saturated carbocycles. The molecule has 0 aromatic carbocycles. The SMILES string of the molecule is N=CCCN=CCCCNCCC=N. The molecule has 0 spiro atoms. The third kappa shape index (κ3) is 11.0. The van der Waals surface area contributed by atoms with E-state index in [2.05, 4.69) is 10.3 Å². The Labute approximate surface area is 85.8 Å². The third-order valence-corrected chi connectivity index (χ3v) is 1.68. The molecule has 0 aliphatic heterocycles. The van der Waals surface area contributed by atoms with Crippen LogP contribution >= 0.6 is 0 Å². The highest BCUT2D eigenvalue weighted by molar-refractivity contribution is 5.58. The predicted octanol–water partition coefficient (Wildman–Crippen LogP) is 1.51. The minimum Gasteiger partial charge on any atom is -0.316 e. The van der Waals surface area contributed by atoms with Crippen molar-refractivity contribution in [2.45, 2.75) is 25.7 Å². The van der Waals surface area contributed by atoms with E-state index in [1.165, 1.54) is 12.4 Å². The van der Waals surface area contributed by atoms with Gasteiger partial charge >= 0.3 is 0 Å². The highest BCUT2D eigenvalue weighted by atomic mass is 14.8. The number of nitrogens with zero attached hydrogens (tertiary/aromatic N) is 1. The van der Waals surface area contributed by atoms with E-state index in [1.54, 1.807) is 0 Å². The van der Waals surface area contributed by atoms with E-state index < -0.39 is 0 Å². The molecule has 0 amide bonds. The molecule has 0 rings (SSSR count). The minimum absolute atomic E-state index is 0.741. The maximum absolute atomic E-state index is 6.81. The van der Waals surface area contributed by atoms with Gasteiger partial charge in [-0.1, -0.05) is 0 Å². The first-order chi connectivity index (χ1) is 6.91. The van der Waals surface area contributed by atoms with Gasteiger partial charge in [0, 0.05) is 19.5 Å². The Morgan fingerprint density at radius 2 is 1.79 bits per heavy atom. The molecular formula is C10H20N4. The number of hydrogen-bond donors (Lipinski definition) is 3. The van der Waals surface area contributed by atoms with Gasteiger partial charge in [-0.05, 0) is 44.5 Å². The van der Waals surface area contributed by atoms with Gasteiger partial charge in [0.05, 0.1) is 0 Å². The van der Waals surface area contributed by atoms with Crippen LogP contribution in [0.5, 0.6) is 0 Å². The van der Waals surface area contributed by atoms with Gasteiger partial charge in [0.25, 0.3) is 0 Å². The molecule has 0 bridgehead atoms. The molecule has 3 N–H and O–H groups in total. The zero-order valence-electron chi connectivity index (χ0n) is 8.63. The second kappa shape index (κ2) is 12.0. The first-order valence-electron chi connectivity index (χ1n) is 5.08. The number of hydrogen-bond acceptors (Lipinski definition) is 4. The number of aliphatic imine (C=N–C) groups is 1. The molecule has 80 valence electrons. The zero-order valence-corrected chi connectivity index (χ0v) is 8.63. The summed E-state index contributed by atoms with van der Waals surface area (Å²) in [6, 6.07) is 0. The van der Waals surface area contributed by atoms with E-state index in [4.69, 9.17) is 10.8 Å². The van der Waals surface area contributed by atoms with Gasteiger partial charge in [0.2, 0.25) is 0 Å². The van der Waals surface area contributed by atoms with Crippen LogP contribution in [0, 0.1) is 10.8 Å². The average molecular weight is 196 g/mol. The fourth-order valence-electron chi connectivity index (χ4n) is 0.939. The summed E-state index contributed by atoms with van der Waals surface area (Å²) in [5.41, 5.74) is 0. The van der Waals surface area contributed by atoms with Crippen LogP contribution in [0.15, 0.2) is 4.99 Å². The summed E-state index contributed by atoms with van der Waals surface area (Å²) in [5, 5.41) is 16.8. The van der Waals surface area contributed by atoms with Crippen LogP contribution in [0.3, 0.4) is 0 Å². The van der Waals surface area contributed by atoms with Crippen molar-refractivity contribution in [3.8, 4) is 0 Å². The van der Waals surface area contributed by atoms with Crippen molar-refractivity contribution in [3.63, 3.8) is 0 Å². The van der Waals surface area contributed by atoms with E-state index in [9.17, 15) is 0 Å². The topological polar surface area (TPSA) is 72.1 Å². The van der Waals surface area contributed by atoms with Crippen molar-refractivity contribution in [2.24, 2.45) is 4.99 Å². The van der Waals surface area contributed by atoms with Crippen LogP contribution in [0.1, 0.15) is 25.7 Å². The molecule has 0 aromatic heterocycles. The van der Waals surface area contributed by atoms with Crippen LogP contribution in [0.2, 0.25) is 0 Å². The molecular weight excluding hydrogens is 176 g/mol. The average Bonchev–Trinajstić information content (AvgIpc) is 2.21. The van der Waals surface area contributed by atoms with Gasteiger partial charge in [-0.25, -0.2) is 0 Å². The highest BCUT2D eigenvalue weighted by Gasteiger charge is 1.85. The van der Waals surface area contributed by atoms with Crippen molar-refractivity contribution in [1.82, 2.24) is 5.32 Å². The van der Waals surface area contributed by atoms with Gasteiger partial charge in [0.1, 0.15) is 0 Å². The lowest BCUT2D eigenvalue weighted by atomic mass is 10.3. The molecule has 0 radical (unpaired) electrons. The molecule has 0 atom stereocenters. The van der Waals surface area contributed by atoms with Gasteiger partial charge in [-0.15, -0.1) is 0 Å². The van der Waals surface area contributed by atoms with E-state index in [-0.39, 0.29) is 0 Å². The summed E-state index contributed by atoms with van der Waals surface area (Å²) in [6.07, 6.45) is 8.38. The molecule has 4 nitrogen and oxygen atoms in total. The quantitative estimate of drug-likeness (QED) is 0.359. The first kappa shape index (κ1) is 13.0. The Kier molecular flexibility index (Phi) is 11.1. The lowest BCUT2D eigenvalue weighted by Gasteiger charge is -1.99. The monoisotopic (exact) mass is 196 g/mol. The Morgan fingerprint density at radius 1 is 1.00 bits per heavy atom. The molecule has 0 saturated heterocycles. The summed E-state index contributed by atoms with van der Waals surface area (Å²) >= 11 is 0. The second-order valence-corrected chi connectivity index (χ2v) is 2.97. The lowest BCUT2D eigenvalue weighted by Crippen LogP contribution is -2.16. The standard InChI is InChI=1S/C10H20N4/c11-5-3-9-13-7-1-2-8-14-10-4-6-12/h5-7,11-12,14H,1-4,8-10H2. The highest BCUT2D eigenvalue weighted by Crippen LogP contribution is 1.84. The largest absolute Gasteiger partial charge is 0.316 e. The Morgan fingerprint density at radius 3 is 2.50 bits per heavy atom. The Balaban J connectivity index is 3.00. The van der Waals surface area contributed by atoms with Gasteiger partial charge in [-0.3, -0.25) is 4.99 Å². The second-order valence-electron chi connectivity index (χ2n) is 2.97. The van der Waals surface area contributed by atoms with Crippen LogP contribution in [0.25, 0.3) is 0 Å². The molecule has 14 heavy (non-hydrogen) atoms. The Hall–Kier alpha value is -1.03. The molecule has 0 aliphatic carbocycles. The maximum Gasteiger partial charge on any atom is 0.0434 e. The van der Waals surface area contributed by atoms with E-state index in [0.717, 1.165) is 45.3 Å². The van der Waals surface area contributed by atoms with Crippen molar-refractivity contribution in [3.05, 3.63) is 0 Å². The molecule has 0 aromatic rings. The summed E-state index contributed by atoms with van der Waals surface area (Å²) in [4.78, 5) is 4.15. The number of rotatable bonds is 10. The fourth-order valence-corrected chi connectivity index (χ4v) is 0.939. The smallest absolute Gasteiger partial charge is 0.0434 e. The van der Waals surface area contributed by atoms with Gasteiger partial charge in [0.15, 0.2) is 0 Å². The summed E-state index contributed by atoms with van der Waals surface area (Å²) in [5.74, 6) is 0. The van der Waals surface area contributed by atoms with E-state index in [0.29, 0.717) is 0 Å². The third-order valence-electron chi connectivity index (χ3n) is 1.68.